The van der Waals surface area contributed by atoms with E-state index in [1.54, 1.807) is 0 Å². The summed E-state index contributed by atoms with van der Waals surface area (Å²) in [5.74, 6) is 1.58. The van der Waals surface area contributed by atoms with Crippen LogP contribution in [0.5, 0.6) is 5.75 Å². The van der Waals surface area contributed by atoms with Crippen LogP contribution < -0.4 is 10.1 Å². The Hall–Kier alpha value is -2.69. The molecule has 0 fully saturated rings. The number of benzene rings is 2. The third kappa shape index (κ3) is 6.74. The molecule has 0 unspecified atom stereocenters. The van der Waals surface area contributed by atoms with Gasteiger partial charge in [-0.1, -0.05) is 72.7 Å². The van der Waals surface area contributed by atoms with Crippen molar-refractivity contribution in [1.82, 2.24) is 19.7 Å². The lowest BCUT2D eigenvalue weighted by atomic mass is 9.87. The van der Waals surface area contributed by atoms with E-state index in [0.717, 1.165) is 27.3 Å². The number of hydrogen-bond donors (Lipinski definition) is 1. The lowest BCUT2D eigenvalue weighted by Gasteiger charge is -2.19. The zero-order chi connectivity index (χ0) is 25.7. The van der Waals surface area contributed by atoms with Crippen molar-refractivity contribution >= 4 is 50.1 Å². The van der Waals surface area contributed by atoms with Crippen molar-refractivity contribution in [3.05, 3.63) is 69.8 Å². The van der Waals surface area contributed by atoms with Gasteiger partial charge >= 0.3 is 0 Å². The van der Waals surface area contributed by atoms with Gasteiger partial charge in [-0.05, 0) is 42.2 Å². The summed E-state index contributed by atoms with van der Waals surface area (Å²) in [6.45, 7) is 9.56. The SMILES string of the molecule is CCn1c(COc2ccc(C(C)(C)C)cc2)nnc1SCC(=O)Nc1nc(-c2ccc(Br)cc2)cs1. The van der Waals surface area contributed by atoms with Gasteiger partial charge in [-0.3, -0.25) is 4.79 Å². The number of nitrogens with one attached hydrogen (secondary N) is 1. The molecule has 0 aliphatic carbocycles. The number of carbonyl (C=O) groups is 1. The fourth-order valence-corrected chi connectivity index (χ4v) is 5.24. The molecule has 4 rings (SSSR count). The highest BCUT2D eigenvalue weighted by molar-refractivity contribution is 9.10. The van der Waals surface area contributed by atoms with Crippen LogP contribution in [0, 0.1) is 0 Å². The Kier molecular flexibility index (Phi) is 8.48. The molecule has 0 bridgehead atoms. The number of ether oxygens (including phenoxy) is 1. The van der Waals surface area contributed by atoms with E-state index in [4.69, 9.17) is 4.74 Å². The van der Waals surface area contributed by atoms with Crippen LogP contribution in [0.3, 0.4) is 0 Å². The van der Waals surface area contributed by atoms with E-state index >= 15 is 0 Å². The topological polar surface area (TPSA) is 81.9 Å². The first kappa shape index (κ1) is 26.4. The zero-order valence-electron chi connectivity index (χ0n) is 20.6. The number of thioether (sulfide) groups is 1. The molecule has 7 nitrogen and oxygen atoms in total. The van der Waals surface area contributed by atoms with Crippen molar-refractivity contribution in [2.75, 3.05) is 11.1 Å². The largest absolute Gasteiger partial charge is 0.486 e. The Morgan fingerprint density at radius 2 is 1.83 bits per heavy atom. The van der Waals surface area contributed by atoms with Crippen molar-refractivity contribution in [3.8, 4) is 17.0 Å². The van der Waals surface area contributed by atoms with Crippen LogP contribution in [0.4, 0.5) is 5.13 Å². The second-order valence-corrected chi connectivity index (χ2v) is 11.8. The van der Waals surface area contributed by atoms with Gasteiger partial charge in [0.05, 0.1) is 11.4 Å². The minimum absolute atomic E-state index is 0.0979. The Bertz CT molecular complexity index is 1310. The molecular weight excluding hydrogens is 558 g/mol. The maximum atomic E-state index is 12.5. The predicted molar refractivity (Wildman–Crippen MR) is 150 cm³/mol. The Morgan fingerprint density at radius 1 is 1.11 bits per heavy atom. The molecule has 0 spiro atoms. The van der Waals surface area contributed by atoms with Gasteiger partial charge in [0.25, 0.3) is 0 Å². The first-order valence-electron chi connectivity index (χ1n) is 11.5. The summed E-state index contributed by atoms with van der Waals surface area (Å²) in [5, 5.41) is 14.6. The van der Waals surface area contributed by atoms with E-state index in [-0.39, 0.29) is 17.1 Å². The van der Waals surface area contributed by atoms with Gasteiger partial charge in [-0.15, -0.1) is 21.5 Å². The molecule has 10 heteroatoms. The highest BCUT2D eigenvalue weighted by Gasteiger charge is 2.16. The normalized spacial score (nSPS) is 11.5. The van der Waals surface area contributed by atoms with Crippen molar-refractivity contribution in [2.45, 2.75) is 51.4 Å². The van der Waals surface area contributed by atoms with Crippen LogP contribution in [0.2, 0.25) is 0 Å². The van der Waals surface area contributed by atoms with Gasteiger partial charge in [-0.25, -0.2) is 4.98 Å². The maximum Gasteiger partial charge on any atom is 0.236 e. The highest BCUT2D eigenvalue weighted by atomic mass is 79.9. The summed E-state index contributed by atoms with van der Waals surface area (Å²) in [6, 6.07) is 16.0. The fraction of sp³-hybridized carbons (Fsp3) is 0.308. The molecule has 2 aromatic heterocycles. The van der Waals surface area contributed by atoms with Crippen LogP contribution in [-0.2, 0) is 23.4 Å². The van der Waals surface area contributed by atoms with Crippen LogP contribution in [0.1, 0.15) is 39.1 Å². The molecule has 36 heavy (non-hydrogen) atoms. The molecule has 0 atom stereocenters. The van der Waals surface area contributed by atoms with E-state index in [1.807, 2.05) is 53.3 Å². The van der Waals surface area contributed by atoms with Gasteiger partial charge in [0.15, 0.2) is 16.1 Å². The molecule has 0 saturated heterocycles. The van der Waals surface area contributed by atoms with E-state index in [2.05, 4.69) is 69.3 Å². The van der Waals surface area contributed by atoms with E-state index in [0.29, 0.717) is 23.4 Å². The molecule has 1 amide bonds. The van der Waals surface area contributed by atoms with Crippen LogP contribution in [0.25, 0.3) is 11.3 Å². The van der Waals surface area contributed by atoms with E-state index < -0.39 is 0 Å². The number of carbonyl (C=O) groups excluding carboxylic acids is 1. The van der Waals surface area contributed by atoms with Gasteiger partial charge in [0, 0.05) is 22.0 Å². The molecule has 4 aromatic rings. The van der Waals surface area contributed by atoms with Crippen LogP contribution >= 0.6 is 39.0 Å². The average Bonchev–Trinajstić information content (AvgIpc) is 3.48. The average molecular weight is 587 g/mol. The predicted octanol–water partition coefficient (Wildman–Crippen LogP) is 6.79. The number of halogens is 1. The second kappa shape index (κ2) is 11.6. The van der Waals surface area contributed by atoms with Crippen LogP contribution in [-0.4, -0.2) is 31.4 Å². The number of aromatic nitrogens is 4. The third-order valence-electron chi connectivity index (χ3n) is 5.42. The lowest BCUT2D eigenvalue weighted by molar-refractivity contribution is -0.113. The number of anilines is 1. The molecule has 0 radical (unpaired) electrons. The fourth-order valence-electron chi connectivity index (χ4n) is 3.42. The minimum atomic E-state index is -0.140. The summed E-state index contributed by atoms with van der Waals surface area (Å²) in [6.07, 6.45) is 0. The Morgan fingerprint density at radius 3 is 2.50 bits per heavy atom. The van der Waals surface area contributed by atoms with Crippen molar-refractivity contribution < 1.29 is 9.53 Å². The number of rotatable bonds is 9. The van der Waals surface area contributed by atoms with E-state index in [9.17, 15) is 4.79 Å². The highest BCUT2D eigenvalue weighted by Crippen LogP contribution is 2.27. The second-order valence-electron chi connectivity index (χ2n) is 9.09. The minimum Gasteiger partial charge on any atom is -0.486 e. The molecule has 1 N–H and O–H groups in total. The summed E-state index contributed by atoms with van der Waals surface area (Å²) < 4.78 is 8.92. The van der Waals surface area contributed by atoms with E-state index in [1.165, 1.54) is 28.7 Å². The standard InChI is InChI=1S/C26H28BrN5O2S2/c1-5-32-22(14-34-20-12-8-18(9-13-20)26(2,3)4)30-31-25(32)36-16-23(33)29-24-28-21(15-35-24)17-6-10-19(27)11-7-17/h6-13,15H,5,14,16H2,1-4H3,(H,28,29,33). The molecular formula is C26H28BrN5O2S2. The molecule has 0 aliphatic rings. The lowest BCUT2D eigenvalue weighted by Crippen LogP contribution is -2.14. The Labute approximate surface area is 227 Å². The van der Waals surface area contributed by atoms with Gasteiger partial charge < -0.3 is 14.6 Å². The number of amides is 1. The third-order valence-corrected chi connectivity index (χ3v) is 7.67. The molecule has 2 heterocycles. The first-order chi connectivity index (χ1) is 17.2. The van der Waals surface area contributed by atoms with Crippen LogP contribution in [0.15, 0.2) is 63.5 Å². The summed E-state index contributed by atoms with van der Waals surface area (Å²) in [4.78, 5) is 17.1. The van der Waals surface area contributed by atoms with Crippen molar-refractivity contribution in [3.63, 3.8) is 0 Å². The van der Waals surface area contributed by atoms with Gasteiger partial charge in [0.1, 0.15) is 12.4 Å². The van der Waals surface area contributed by atoms with Gasteiger partial charge in [-0.2, -0.15) is 0 Å². The quantitative estimate of drug-likeness (QED) is 0.218. The summed E-state index contributed by atoms with van der Waals surface area (Å²) >= 11 is 6.18. The molecule has 188 valence electrons. The number of hydrogen-bond acceptors (Lipinski definition) is 7. The number of thiazole rings is 1. The first-order valence-corrected chi connectivity index (χ1v) is 14.2. The maximum absolute atomic E-state index is 12.5. The molecule has 0 saturated carbocycles. The van der Waals surface area contributed by atoms with Crippen molar-refractivity contribution in [1.29, 1.82) is 0 Å². The molecule has 2 aromatic carbocycles. The monoisotopic (exact) mass is 585 g/mol. The molecule has 0 aliphatic heterocycles. The number of nitrogens with zero attached hydrogens (tertiary/aromatic N) is 4. The smallest absolute Gasteiger partial charge is 0.236 e. The van der Waals surface area contributed by atoms with Crippen molar-refractivity contribution in [2.24, 2.45) is 0 Å². The van der Waals surface area contributed by atoms with Gasteiger partial charge in [0.2, 0.25) is 5.91 Å². The summed E-state index contributed by atoms with van der Waals surface area (Å²) in [7, 11) is 0. The zero-order valence-corrected chi connectivity index (χ0v) is 23.8. The Balaban J connectivity index is 1.31. The summed E-state index contributed by atoms with van der Waals surface area (Å²) in [5.41, 5.74) is 3.19.